The van der Waals surface area contributed by atoms with Gasteiger partial charge in [0.1, 0.15) is 0 Å². The summed E-state index contributed by atoms with van der Waals surface area (Å²) in [4.78, 5) is 2.51. The summed E-state index contributed by atoms with van der Waals surface area (Å²) in [6.07, 6.45) is 0. The van der Waals surface area contributed by atoms with Crippen molar-refractivity contribution in [3.63, 3.8) is 0 Å². The molecule has 0 radical (unpaired) electrons. The fourth-order valence-electron chi connectivity index (χ4n) is 4.22. The zero-order valence-corrected chi connectivity index (χ0v) is 13.8. The SMILES string of the molecule is CC1C[N+]2(CCN(c3nsc4ccccc34)CC2)CC1C. The molecule has 0 bridgehead atoms. The second-order valence-corrected chi connectivity index (χ2v) is 7.90. The van der Waals surface area contributed by atoms with Gasteiger partial charge in [0.2, 0.25) is 0 Å². The van der Waals surface area contributed by atoms with E-state index in [9.17, 15) is 0 Å². The first-order chi connectivity index (χ1) is 10.2. The van der Waals surface area contributed by atoms with Gasteiger partial charge in [-0.15, -0.1) is 0 Å². The molecule has 0 aliphatic carbocycles. The van der Waals surface area contributed by atoms with Crippen LogP contribution < -0.4 is 4.90 Å². The van der Waals surface area contributed by atoms with E-state index in [0.717, 1.165) is 24.9 Å². The predicted molar refractivity (Wildman–Crippen MR) is 89.9 cm³/mol. The van der Waals surface area contributed by atoms with Gasteiger partial charge in [-0.05, 0) is 23.7 Å². The van der Waals surface area contributed by atoms with E-state index in [2.05, 4.69) is 43.0 Å². The lowest BCUT2D eigenvalue weighted by atomic mass is 10.0. The summed E-state index contributed by atoms with van der Waals surface area (Å²) in [6.45, 7) is 12.5. The van der Waals surface area contributed by atoms with Gasteiger partial charge < -0.3 is 9.38 Å². The van der Waals surface area contributed by atoms with Crippen LogP contribution in [0.15, 0.2) is 24.3 Å². The average Bonchev–Trinajstić information content (AvgIpc) is 3.03. The van der Waals surface area contributed by atoms with Crippen molar-refractivity contribution >= 4 is 27.4 Å². The predicted octanol–water partition coefficient (Wildman–Crippen LogP) is 3.22. The van der Waals surface area contributed by atoms with Crippen LogP contribution in [0.1, 0.15) is 13.8 Å². The van der Waals surface area contributed by atoms with Crippen LogP contribution >= 0.6 is 11.5 Å². The van der Waals surface area contributed by atoms with Crippen molar-refractivity contribution in [3.05, 3.63) is 24.3 Å². The standard InChI is InChI=1S/C17H24N3S/c1-13-11-20(12-14(13)2)9-7-19(8-10-20)17-15-5-3-4-6-16(15)21-18-17/h3-6,13-14H,7-12H2,1-2H3/q+1. The number of hydrogen-bond donors (Lipinski definition) is 0. The van der Waals surface area contributed by atoms with Crippen LogP contribution in [0.25, 0.3) is 10.1 Å². The summed E-state index contributed by atoms with van der Waals surface area (Å²) in [5, 5.41) is 1.33. The Labute approximate surface area is 130 Å². The Kier molecular flexibility index (Phi) is 3.19. The number of fused-ring (bicyclic) bond motifs is 1. The molecule has 0 amide bonds. The molecular formula is C17H24N3S+. The highest BCUT2D eigenvalue weighted by molar-refractivity contribution is 7.13. The molecule has 2 aromatic rings. The molecule has 2 aliphatic heterocycles. The minimum atomic E-state index is 0.886. The number of nitrogens with zero attached hydrogens (tertiary/aromatic N) is 3. The largest absolute Gasteiger partial charge is 0.344 e. The van der Waals surface area contributed by atoms with E-state index in [1.165, 1.54) is 46.6 Å². The summed E-state index contributed by atoms with van der Waals surface area (Å²) in [5.74, 6) is 2.99. The maximum absolute atomic E-state index is 4.72. The van der Waals surface area contributed by atoms with Crippen LogP contribution in [-0.2, 0) is 0 Å². The first kappa shape index (κ1) is 13.5. The summed E-state index contributed by atoms with van der Waals surface area (Å²) in [5.41, 5.74) is 0. The van der Waals surface area contributed by atoms with Crippen molar-refractivity contribution in [2.45, 2.75) is 13.8 Å². The number of hydrogen-bond acceptors (Lipinski definition) is 3. The minimum Gasteiger partial charge on any atom is -0.344 e. The van der Waals surface area contributed by atoms with Gasteiger partial charge in [-0.3, -0.25) is 0 Å². The number of aromatic nitrogens is 1. The first-order valence-electron chi connectivity index (χ1n) is 8.11. The zero-order chi connectivity index (χ0) is 14.4. The lowest BCUT2D eigenvalue weighted by Gasteiger charge is -2.42. The van der Waals surface area contributed by atoms with Crippen molar-refractivity contribution in [1.29, 1.82) is 0 Å². The molecule has 2 aliphatic rings. The van der Waals surface area contributed by atoms with Crippen molar-refractivity contribution in [3.8, 4) is 0 Å². The molecule has 2 unspecified atom stereocenters. The van der Waals surface area contributed by atoms with E-state index in [1.807, 2.05) is 0 Å². The first-order valence-corrected chi connectivity index (χ1v) is 8.89. The molecular weight excluding hydrogens is 278 g/mol. The van der Waals surface area contributed by atoms with Crippen LogP contribution in [0.2, 0.25) is 0 Å². The highest BCUT2D eigenvalue weighted by Crippen LogP contribution is 2.34. The van der Waals surface area contributed by atoms with E-state index >= 15 is 0 Å². The summed E-state index contributed by atoms with van der Waals surface area (Å²) >= 11 is 1.64. The monoisotopic (exact) mass is 302 g/mol. The maximum atomic E-state index is 4.72. The smallest absolute Gasteiger partial charge is 0.150 e. The molecule has 3 heterocycles. The number of rotatable bonds is 1. The molecule has 4 heteroatoms. The van der Waals surface area contributed by atoms with E-state index in [4.69, 9.17) is 4.37 Å². The lowest BCUT2D eigenvalue weighted by Crippen LogP contribution is -2.58. The molecule has 21 heavy (non-hydrogen) atoms. The molecule has 2 saturated heterocycles. The summed E-state index contributed by atoms with van der Waals surface area (Å²) < 4.78 is 7.38. The maximum Gasteiger partial charge on any atom is 0.150 e. The molecule has 2 atom stereocenters. The van der Waals surface area contributed by atoms with Gasteiger partial charge in [-0.25, -0.2) is 0 Å². The van der Waals surface area contributed by atoms with Gasteiger partial charge in [0, 0.05) is 17.2 Å². The number of piperazine rings is 1. The third kappa shape index (κ3) is 2.25. The van der Waals surface area contributed by atoms with Crippen LogP contribution in [0.3, 0.4) is 0 Å². The Balaban J connectivity index is 1.53. The summed E-state index contributed by atoms with van der Waals surface area (Å²) in [6, 6.07) is 8.63. The van der Waals surface area contributed by atoms with Gasteiger partial charge >= 0.3 is 0 Å². The topological polar surface area (TPSA) is 16.1 Å². The van der Waals surface area contributed by atoms with Gasteiger partial charge in [0.25, 0.3) is 0 Å². The quantitative estimate of drug-likeness (QED) is 0.752. The van der Waals surface area contributed by atoms with Crippen molar-refractivity contribution < 1.29 is 4.48 Å². The molecule has 0 saturated carbocycles. The molecule has 0 N–H and O–H groups in total. The lowest BCUT2D eigenvalue weighted by molar-refractivity contribution is -0.919. The fraction of sp³-hybridized carbons (Fsp3) is 0.588. The zero-order valence-electron chi connectivity index (χ0n) is 13.0. The normalized spacial score (nSPS) is 28.6. The van der Waals surface area contributed by atoms with E-state index < -0.39 is 0 Å². The van der Waals surface area contributed by atoms with Crippen molar-refractivity contribution in [2.24, 2.45) is 11.8 Å². The van der Waals surface area contributed by atoms with E-state index in [-0.39, 0.29) is 0 Å². The van der Waals surface area contributed by atoms with E-state index in [1.54, 1.807) is 11.5 Å². The molecule has 1 aromatic heterocycles. The Morgan fingerprint density at radius 2 is 1.76 bits per heavy atom. The third-order valence-corrected chi connectivity index (χ3v) is 6.49. The second kappa shape index (κ2) is 4.96. The minimum absolute atomic E-state index is 0.886. The van der Waals surface area contributed by atoms with Crippen LogP contribution in [0.4, 0.5) is 5.82 Å². The van der Waals surface area contributed by atoms with E-state index in [0.29, 0.717) is 0 Å². The molecule has 4 rings (SSSR count). The Hall–Kier alpha value is -1.13. The average molecular weight is 302 g/mol. The Bertz CT molecular complexity index is 630. The highest BCUT2D eigenvalue weighted by atomic mass is 32.1. The Morgan fingerprint density at radius 1 is 1.10 bits per heavy atom. The van der Waals surface area contributed by atoms with Gasteiger partial charge in [0.15, 0.2) is 5.82 Å². The van der Waals surface area contributed by atoms with Crippen LogP contribution in [-0.4, -0.2) is 48.1 Å². The molecule has 3 nitrogen and oxygen atoms in total. The van der Waals surface area contributed by atoms with Crippen LogP contribution in [0, 0.1) is 11.8 Å². The number of benzene rings is 1. The molecule has 1 spiro atoms. The molecule has 112 valence electrons. The number of quaternary nitrogens is 1. The van der Waals surface area contributed by atoms with Gasteiger partial charge in [-0.2, -0.15) is 4.37 Å². The highest BCUT2D eigenvalue weighted by Gasteiger charge is 2.43. The van der Waals surface area contributed by atoms with Crippen molar-refractivity contribution in [1.82, 2.24) is 4.37 Å². The Morgan fingerprint density at radius 3 is 2.48 bits per heavy atom. The van der Waals surface area contributed by atoms with Crippen molar-refractivity contribution in [2.75, 3.05) is 44.2 Å². The third-order valence-electron chi connectivity index (χ3n) is 5.67. The summed E-state index contributed by atoms with van der Waals surface area (Å²) in [7, 11) is 0. The molecule has 1 aromatic carbocycles. The van der Waals surface area contributed by atoms with Gasteiger partial charge in [-0.1, -0.05) is 26.0 Å². The molecule has 2 fully saturated rings. The number of anilines is 1. The van der Waals surface area contributed by atoms with Gasteiger partial charge in [0.05, 0.1) is 44.0 Å². The fourth-order valence-corrected chi connectivity index (χ4v) is 5.02. The second-order valence-electron chi connectivity index (χ2n) is 7.10. The van der Waals surface area contributed by atoms with Crippen LogP contribution in [0.5, 0.6) is 0 Å².